The second kappa shape index (κ2) is 7.10. The Labute approximate surface area is 115 Å². The van der Waals surface area contributed by atoms with Crippen molar-refractivity contribution in [3.63, 3.8) is 0 Å². The van der Waals surface area contributed by atoms with Crippen LogP contribution in [0.1, 0.15) is 44.0 Å². The third-order valence-corrected chi connectivity index (χ3v) is 3.30. The molecule has 0 aliphatic heterocycles. The zero-order valence-corrected chi connectivity index (χ0v) is 11.8. The van der Waals surface area contributed by atoms with Crippen molar-refractivity contribution < 1.29 is 0 Å². The number of hydrogen-bond donors (Lipinski definition) is 1. The minimum absolute atomic E-state index is 0.463. The number of pyridine rings is 1. The fourth-order valence-electron chi connectivity index (χ4n) is 2.26. The van der Waals surface area contributed by atoms with Crippen LogP contribution in [-0.4, -0.2) is 16.1 Å². The fourth-order valence-corrected chi connectivity index (χ4v) is 2.26. The van der Waals surface area contributed by atoms with E-state index in [1.165, 1.54) is 12.0 Å². The maximum Gasteiger partial charge on any atom is 0.0642 e. The Bertz CT molecular complexity index is 476. The smallest absolute Gasteiger partial charge is 0.0642 e. The highest BCUT2D eigenvalue weighted by Gasteiger charge is 2.09. The molecule has 3 heteroatoms. The van der Waals surface area contributed by atoms with Crippen molar-refractivity contribution >= 4 is 0 Å². The predicted molar refractivity (Wildman–Crippen MR) is 79.1 cm³/mol. The van der Waals surface area contributed by atoms with Gasteiger partial charge in [0.05, 0.1) is 12.2 Å². The van der Waals surface area contributed by atoms with Crippen LogP contribution in [0.25, 0.3) is 0 Å². The minimum Gasteiger partial charge on any atom is -0.348 e. The SMILES string of the molecule is CCCNC(CC)c1ccn(Cc2ccccn2)c1. The first-order valence-electron chi connectivity index (χ1n) is 7.12. The Kier molecular flexibility index (Phi) is 5.16. The van der Waals surface area contributed by atoms with Crippen LogP contribution in [0.4, 0.5) is 0 Å². The van der Waals surface area contributed by atoms with E-state index in [-0.39, 0.29) is 0 Å². The highest BCUT2D eigenvalue weighted by Crippen LogP contribution is 2.17. The van der Waals surface area contributed by atoms with E-state index >= 15 is 0 Å². The summed E-state index contributed by atoms with van der Waals surface area (Å²) in [6.07, 6.45) is 8.50. The number of aromatic nitrogens is 2. The molecule has 0 saturated heterocycles. The van der Waals surface area contributed by atoms with Crippen molar-refractivity contribution in [3.05, 3.63) is 54.1 Å². The molecule has 0 radical (unpaired) electrons. The van der Waals surface area contributed by atoms with Crippen LogP contribution in [0.15, 0.2) is 42.9 Å². The Hall–Kier alpha value is -1.61. The topological polar surface area (TPSA) is 29.9 Å². The molecule has 2 aromatic rings. The zero-order chi connectivity index (χ0) is 13.5. The summed E-state index contributed by atoms with van der Waals surface area (Å²) in [5.41, 5.74) is 2.46. The molecule has 1 atom stereocenters. The molecule has 0 saturated carbocycles. The lowest BCUT2D eigenvalue weighted by Crippen LogP contribution is -2.21. The molecule has 2 aromatic heterocycles. The van der Waals surface area contributed by atoms with Crippen molar-refractivity contribution in [2.45, 2.75) is 39.3 Å². The fraction of sp³-hybridized carbons (Fsp3) is 0.438. The highest BCUT2D eigenvalue weighted by atomic mass is 15.0. The van der Waals surface area contributed by atoms with Crippen LogP contribution in [-0.2, 0) is 6.54 Å². The lowest BCUT2D eigenvalue weighted by atomic mass is 10.1. The molecule has 1 unspecified atom stereocenters. The Balaban J connectivity index is 2.01. The van der Waals surface area contributed by atoms with E-state index in [0.717, 1.165) is 25.2 Å². The number of nitrogens with zero attached hydrogens (tertiary/aromatic N) is 2. The van der Waals surface area contributed by atoms with Crippen molar-refractivity contribution in [1.82, 2.24) is 14.9 Å². The van der Waals surface area contributed by atoms with Gasteiger partial charge < -0.3 is 9.88 Å². The maximum absolute atomic E-state index is 4.36. The van der Waals surface area contributed by atoms with Crippen LogP contribution >= 0.6 is 0 Å². The van der Waals surface area contributed by atoms with Gasteiger partial charge in [-0.25, -0.2) is 0 Å². The second-order valence-corrected chi connectivity index (χ2v) is 4.85. The molecule has 2 heterocycles. The zero-order valence-electron chi connectivity index (χ0n) is 11.8. The lowest BCUT2D eigenvalue weighted by Gasteiger charge is -2.15. The molecule has 2 rings (SSSR count). The third-order valence-electron chi connectivity index (χ3n) is 3.30. The van der Waals surface area contributed by atoms with Crippen LogP contribution in [0.3, 0.4) is 0 Å². The first-order valence-corrected chi connectivity index (χ1v) is 7.12. The summed E-state index contributed by atoms with van der Waals surface area (Å²) in [6.45, 7) is 6.34. The first kappa shape index (κ1) is 13.8. The standard InChI is InChI=1S/C16H23N3/c1-3-9-18-16(4-2)14-8-11-19(12-14)13-15-7-5-6-10-17-15/h5-8,10-12,16,18H,3-4,9,13H2,1-2H3. The van der Waals surface area contributed by atoms with Gasteiger partial charge in [-0.2, -0.15) is 0 Å². The minimum atomic E-state index is 0.463. The summed E-state index contributed by atoms with van der Waals surface area (Å²) in [5.74, 6) is 0. The molecule has 102 valence electrons. The van der Waals surface area contributed by atoms with Crippen molar-refractivity contribution in [2.75, 3.05) is 6.54 Å². The predicted octanol–water partition coefficient (Wildman–Crippen LogP) is 3.38. The van der Waals surface area contributed by atoms with Crippen LogP contribution in [0.5, 0.6) is 0 Å². The average Bonchev–Trinajstić information content (AvgIpc) is 2.89. The molecular weight excluding hydrogens is 234 g/mol. The normalized spacial score (nSPS) is 12.5. The third kappa shape index (κ3) is 3.93. The van der Waals surface area contributed by atoms with E-state index < -0.39 is 0 Å². The van der Waals surface area contributed by atoms with Gasteiger partial charge in [-0.15, -0.1) is 0 Å². The van der Waals surface area contributed by atoms with Crippen molar-refractivity contribution in [3.8, 4) is 0 Å². The largest absolute Gasteiger partial charge is 0.348 e. The molecule has 0 amide bonds. The Morgan fingerprint density at radius 3 is 2.84 bits per heavy atom. The second-order valence-electron chi connectivity index (χ2n) is 4.85. The molecule has 3 nitrogen and oxygen atoms in total. The lowest BCUT2D eigenvalue weighted by molar-refractivity contribution is 0.517. The van der Waals surface area contributed by atoms with E-state index in [9.17, 15) is 0 Å². The number of rotatable bonds is 7. The summed E-state index contributed by atoms with van der Waals surface area (Å²) in [5, 5.41) is 3.58. The van der Waals surface area contributed by atoms with E-state index in [2.05, 4.69) is 53.2 Å². The monoisotopic (exact) mass is 257 g/mol. The van der Waals surface area contributed by atoms with Gasteiger partial charge in [-0.05, 0) is 43.1 Å². The molecule has 19 heavy (non-hydrogen) atoms. The van der Waals surface area contributed by atoms with Gasteiger partial charge in [0.1, 0.15) is 0 Å². The Morgan fingerprint density at radius 1 is 1.26 bits per heavy atom. The van der Waals surface area contributed by atoms with Gasteiger partial charge in [-0.3, -0.25) is 4.98 Å². The summed E-state index contributed by atoms with van der Waals surface area (Å²) >= 11 is 0. The summed E-state index contributed by atoms with van der Waals surface area (Å²) < 4.78 is 2.20. The molecule has 0 bridgehead atoms. The average molecular weight is 257 g/mol. The number of hydrogen-bond acceptors (Lipinski definition) is 2. The van der Waals surface area contributed by atoms with Gasteiger partial charge >= 0.3 is 0 Å². The summed E-state index contributed by atoms with van der Waals surface area (Å²) in [6, 6.07) is 8.72. The molecule has 0 aliphatic rings. The summed E-state index contributed by atoms with van der Waals surface area (Å²) in [4.78, 5) is 4.36. The molecule has 0 aromatic carbocycles. The summed E-state index contributed by atoms with van der Waals surface area (Å²) in [7, 11) is 0. The van der Waals surface area contributed by atoms with E-state index in [4.69, 9.17) is 0 Å². The molecule has 0 spiro atoms. The van der Waals surface area contributed by atoms with E-state index in [1.807, 2.05) is 18.3 Å². The van der Waals surface area contributed by atoms with Gasteiger partial charge in [0.2, 0.25) is 0 Å². The van der Waals surface area contributed by atoms with Crippen molar-refractivity contribution in [2.24, 2.45) is 0 Å². The van der Waals surface area contributed by atoms with Crippen LogP contribution < -0.4 is 5.32 Å². The maximum atomic E-state index is 4.36. The van der Waals surface area contributed by atoms with Crippen LogP contribution in [0.2, 0.25) is 0 Å². The Morgan fingerprint density at radius 2 is 2.16 bits per heavy atom. The first-order chi connectivity index (χ1) is 9.33. The number of nitrogens with one attached hydrogen (secondary N) is 1. The molecule has 0 aliphatic carbocycles. The van der Waals surface area contributed by atoms with Crippen molar-refractivity contribution in [1.29, 1.82) is 0 Å². The van der Waals surface area contributed by atoms with Gasteiger partial charge in [0.15, 0.2) is 0 Å². The van der Waals surface area contributed by atoms with E-state index in [1.54, 1.807) is 0 Å². The van der Waals surface area contributed by atoms with Gasteiger partial charge in [0.25, 0.3) is 0 Å². The van der Waals surface area contributed by atoms with Crippen LogP contribution in [0, 0.1) is 0 Å². The van der Waals surface area contributed by atoms with Gasteiger partial charge in [0, 0.05) is 24.6 Å². The molecule has 0 fully saturated rings. The van der Waals surface area contributed by atoms with E-state index in [0.29, 0.717) is 6.04 Å². The highest BCUT2D eigenvalue weighted by molar-refractivity contribution is 5.16. The van der Waals surface area contributed by atoms with Gasteiger partial charge in [-0.1, -0.05) is 19.9 Å². The molecular formula is C16H23N3. The molecule has 1 N–H and O–H groups in total. The quantitative estimate of drug-likeness (QED) is 0.824.